The van der Waals surface area contributed by atoms with Crippen molar-refractivity contribution in [2.45, 2.75) is 103 Å². The molecule has 6 rings (SSSR count). The van der Waals surface area contributed by atoms with Crippen molar-refractivity contribution in [1.82, 2.24) is 0 Å². The van der Waals surface area contributed by atoms with Gasteiger partial charge < -0.3 is 0 Å². The lowest BCUT2D eigenvalue weighted by atomic mass is 10.0. The van der Waals surface area contributed by atoms with E-state index in [1.54, 1.807) is 0 Å². The minimum atomic E-state index is 1.21. The van der Waals surface area contributed by atoms with Crippen molar-refractivity contribution < 1.29 is 0 Å². The fraction of sp³-hybridized carbons (Fsp3) is 0.421. The highest BCUT2D eigenvalue weighted by atomic mass is 32.1. The molecule has 0 fully saturated rings. The number of hydrogen-bond donors (Lipinski definition) is 0. The molecule has 0 saturated heterocycles. The first-order valence-corrected chi connectivity index (χ1v) is 18.7. The van der Waals surface area contributed by atoms with Gasteiger partial charge in [0, 0.05) is 25.0 Å². The van der Waals surface area contributed by atoms with Crippen LogP contribution in [0.1, 0.15) is 102 Å². The van der Waals surface area contributed by atoms with Crippen LogP contribution in [0, 0.1) is 0 Å². The van der Waals surface area contributed by atoms with Crippen LogP contribution in [0.3, 0.4) is 0 Å². The van der Waals surface area contributed by atoms with Gasteiger partial charge in [-0.1, -0.05) is 115 Å². The Hall–Kier alpha value is -2.20. The van der Waals surface area contributed by atoms with Gasteiger partial charge in [0.05, 0.1) is 9.40 Å². The molecule has 0 aliphatic rings. The van der Waals surface area contributed by atoms with Gasteiger partial charge in [-0.05, 0) is 76.5 Å². The summed E-state index contributed by atoms with van der Waals surface area (Å²) in [6.07, 6.45) is 21.1. The average Bonchev–Trinajstić information content (AvgIpc) is 3.73. The smallest absolute Gasteiger partial charge is 0.0542 e. The standard InChI is InChI=1S/C38H44S3/c1-2-3-4-5-6-7-8-9-10-11-12-13-14-15-17-28-19-22-35-32(24-28)37-38(40-35)33-26-31-25-30(34-18-16-23-39-34)21-20-29(31)27-36(33)41-37/h16,18-27H,2-15,17H2,1H3. The van der Waals surface area contributed by atoms with Gasteiger partial charge in [-0.25, -0.2) is 0 Å². The Morgan fingerprint density at radius 3 is 1.88 bits per heavy atom. The van der Waals surface area contributed by atoms with E-state index in [-0.39, 0.29) is 0 Å². The summed E-state index contributed by atoms with van der Waals surface area (Å²) in [6.45, 7) is 2.30. The van der Waals surface area contributed by atoms with Gasteiger partial charge in [0.1, 0.15) is 0 Å². The fourth-order valence-corrected chi connectivity index (χ4v) is 9.69. The Bertz CT molecular complexity index is 1680. The zero-order valence-electron chi connectivity index (χ0n) is 24.7. The molecule has 0 aliphatic heterocycles. The Labute approximate surface area is 258 Å². The van der Waals surface area contributed by atoms with Crippen LogP contribution < -0.4 is 0 Å². The second-order valence-electron chi connectivity index (χ2n) is 11.9. The topological polar surface area (TPSA) is 0 Å². The van der Waals surface area contributed by atoms with Crippen LogP contribution in [0.2, 0.25) is 0 Å². The summed E-state index contributed by atoms with van der Waals surface area (Å²) < 4.78 is 5.81. The van der Waals surface area contributed by atoms with Crippen molar-refractivity contribution in [2.75, 3.05) is 0 Å². The van der Waals surface area contributed by atoms with Gasteiger partial charge in [0.2, 0.25) is 0 Å². The van der Waals surface area contributed by atoms with Crippen molar-refractivity contribution in [3.63, 3.8) is 0 Å². The molecule has 0 spiro atoms. The van der Waals surface area contributed by atoms with Crippen LogP contribution in [0.25, 0.3) is 50.8 Å². The molecule has 0 atom stereocenters. The highest BCUT2D eigenvalue weighted by Gasteiger charge is 2.14. The van der Waals surface area contributed by atoms with E-state index < -0.39 is 0 Å². The first-order valence-electron chi connectivity index (χ1n) is 16.2. The first-order chi connectivity index (χ1) is 20.3. The van der Waals surface area contributed by atoms with Crippen molar-refractivity contribution in [3.8, 4) is 10.4 Å². The Kier molecular flexibility index (Phi) is 10.1. The summed E-state index contributed by atoms with van der Waals surface area (Å²) in [5, 5.41) is 7.75. The van der Waals surface area contributed by atoms with E-state index in [9.17, 15) is 0 Å². The second kappa shape index (κ2) is 14.3. The Balaban J connectivity index is 1.02. The summed E-state index contributed by atoms with van der Waals surface area (Å²) >= 11 is 5.78. The highest BCUT2D eigenvalue weighted by molar-refractivity contribution is 7.36. The van der Waals surface area contributed by atoms with E-state index >= 15 is 0 Å². The van der Waals surface area contributed by atoms with E-state index in [1.807, 2.05) is 34.0 Å². The third-order valence-corrected chi connectivity index (χ3v) is 12.2. The normalized spacial score (nSPS) is 12.0. The van der Waals surface area contributed by atoms with E-state index in [2.05, 4.69) is 73.0 Å². The molecule has 0 N–H and O–H groups in total. The third kappa shape index (κ3) is 7.07. The SMILES string of the molecule is CCCCCCCCCCCCCCCCc1ccc2sc3c4cc5cc(-c6cccs6)ccc5cc4sc3c2c1. The lowest BCUT2D eigenvalue weighted by molar-refractivity contribution is 0.535. The first kappa shape index (κ1) is 28.9. The number of hydrogen-bond acceptors (Lipinski definition) is 3. The number of benzene rings is 3. The number of fused-ring (bicyclic) bond motifs is 6. The van der Waals surface area contributed by atoms with Crippen molar-refractivity contribution in [2.24, 2.45) is 0 Å². The van der Waals surface area contributed by atoms with Crippen molar-refractivity contribution in [1.29, 1.82) is 0 Å². The summed E-state index contributed by atoms with van der Waals surface area (Å²) in [5.41, 5.74) is 2.84. The highest BCUT2D eigenvalue weighted by Crippen LogP contribution is 2.45. The molecule has 3 aromatic heterocycles. The molecule has 0 bridgehead atoms. The number of rotatable bonds is 16. The van der Waals surface area contributed by atoms with Gasteiger partial charge in [-0.2, -0.15) is 0 Å². The lowest BCUT2D eigenvalue weighted by Crippen LogP contribution is -1.86. The van der Waals surface area contributed by atoms with Gasteiger partial charge in [0.15, 0.2) is 0 Å². The fourth-order valence-electron chi connectivity index (χ4n) is 6.32. The summed E-state index contributed by atoms with van der Waals surface area (Å²) in [4.78, 5) is 1.34. The molecule has 214 valence electrons. The molecule has 0 nitrogen and oxygen atoms in total. The van der Waals surface area contributed by atoms with E-state index in [1.165, 1.54) is 153 Å². The largest absolute Gasteiger partial charge is 0.144 e. The number of aryl methyl sites for hydroxylation is 1. The maximum atomic E-state index is 2.50. The van der Waals surface area contributed by atoms with E-state index in [0.29, 0.717) is 0 Å². The predicted molar refractivity (Wildman–Crippen MR) is 190 cm³/mol. The molecular formula is C38H44S3. The Morgan fingerprint density at radius 1 is 0.537 bits per heavy atom. The number of thiophene rings is 3. The van der Waals surface area contributed by atoms with E-state index in [0.717, 1.165) is 0 Å². The quantitative estimate of drug-likeness (QED) is 0.0975. The van der Waals surface area contributed by atoms with Crippen molar-refractivity contribution in [3.05, 3.63) is 71.6 Å². The summed E-state index contributed by atoms with van der Waals surface area (Å²) in [6, 6.07) is 23.4. The van der Waals surface area contributed by atoms with E-state index in [4.69, 9.17) is 0 Å². The van der Waals surface area contributed by atoms with Crippen LogP contribution in [0.15, 0.2) is 66.0 Å². The molecule has 41 heavy (non-hydrogen) atoms. The molecule has 6 aromatic rings. The van der Waals surface area contributed by atoms with Crippen LogP contribution in [0.5, 0.6) is 0 Å². The van der Waals surface area contributed by atoms with Gasteiger partial charge in [-0.3, -0.25) is 0 Å². The lowest BCUT2D eigenvalue weighted by Gasteiger charge is -2.04. The van der Waals surface area contributed by atoms with Gasteiger partial charge in [-0.15, -0.1) is 34.0 Å². The van der Waals surface area contributed by atoms with Gasteiger partial charge >= 0.3 is 0 Å². The monoisotopic (exact) mass is 596 g/mol. The van der Waals surface area contributed by atoms with Crippen LogP contribution in [0.4, 0.5) is 0 Å². The minimum Gasteiger partial charge on any atom is -0.144 e. The predicted octanol–water partition coefficient (Wildman–Crippen LogP) is 14.2. The molecule has 0 saturated carbocycles. The maximum absolute atomic E-state index is 2.50. The van der Waals surface area contributed by atoms with Gasteiger partial charge in [0.25, 0.3) is 0 Å². The molecular weight excluding hydrogens is 553 g/mol. The molecule has 3 heteroatoms. The minimum absolute atomic E-state index is 1.21. The third-order valence-electron chi connectivity index (χ3n) is 8.73. The number of unbranched alkanes of at least 4 members (excludes halogenated alkanes) is 13. The average molecular weight is 597 g/mol. The molecule has 0 aliphatic carbocycles. The Morgan fingerprint density at radius 2 is 1.20 bits per heavy atom. The molecule has 0 amide bonds. The maximum Gasteiger partial charge on any atom is 0.0542 e. The summed E-state index contributed by atoms with van der Waals surface area (Å²) in [7, 11) is 0. The van der Waals surface area contributed by atoms with Crippen LogP contribution in [-0.4, -0.2) is 0 Å². The molecule has 0 radical (unpaired) electrons. The molecule has 3 aromatic carbocycles. The zero-order valence-corrected chi connectivity index (χ0v) is 27.1. The summed E-state index contributed by atoms with van der Waals surface area (Å²) in [5.74, 6) is 0. The van der Waals surface area contributed by atoms with Crippen LogP contribution in [-0.2, 0) is 6.42 Å². The van der Waals surface area contributed by atoms with Crippen LogP contribution >= 0.6 is 34.0 Å². The second-order valence-corrected chi connectivity index (χ2v) is 15.0. The molecule has 3 heterocycles. The van der Waals surface area contributed by atoms with Crippen molar-refractivity contribution >= 4 is 74.4 Å². The zero-order chi connectivity index (χ0) is 27.9. The molecule has 0 unspecified atom stereocenters.